The number of carbonyl (C=O) groups is 2. The second-order valence-corrected chi connectivity index (χ2v) is 6.41. The summed E-state index contributed by atoms with van der Waals surface area (Å²) in [6.07, 6.45) is 2.12. The molecule has 1 aliphatic rings. The molecule has 0 spiro atoms. The number of ether oxygens (including phenoxy) is 1. The number of carbonyl (C=O) groups excluding carboxylic acids is 1. The lowest BCUT2D eigenvalue weighted by Crippen LogP contribution is -2.25. The van der Waals surface area contributed by atoms with Gasteiger partial charge in [-0.25, -0.2) is 9.80 Å². The van der Waals surface area contributed by atoms with E-state index in [0.717, 1.165) is 23.3 Å². The number of benzene rings is 2. The van der Waals surface area contributed by atoms with Crippen LogP contribution in [-0.4, -0.2) is 39.9 Å². The number of amides is 1. The van der Waals surface area contributed by atoms with Crippen molar-refractivity contribution in [1.29, 1.82) is 0 Å². The lowest BCUT2D eigenvalue weighted by atomic mass is 9.96. The molecule has 144 valence electrons. The van der Waals surface area contributed by atoms with E-state index in [1.54, 1.807) is 37.4 Å². The maximum atomic E-state index is 12.6. The third-order valence-electron chi connectivity index (χ3n) is 4.47. The molecule has 0 fully saturated rings. The van der Waals surface area contributed by atoms with E-state index in [9.17, 15) is 14.7 Å². The second kappa shape index (κ2) is 7.96. The Morgan fingerprint density at radius 2 is 1.89 bits per heavy atom. The lowest BCUT2D eigenvalue weighted by Gasteiger charge is -2.22. The monoisotopic (exact) mass is 380 g/mol. The third-order valence-corrected chi connectivity index (χ3v) is 4.47. The molecule has 2 N–H and O–H groups in total. The molecule has 1 heterocycles. The number of carboxylic acid groups (broad SMARTS) is 1. The molecule has 7 nitrogen and oxygen atoms in total. The number of aromatic hydroxyl groups is 1. The van der Waals surface area contributed by atoms with Crippen molar-refractivity contribution in [3.63, 3.8) is 0 Å². The molecule has 28 heavy (non-hydrogen) atoms. The minimum atomic E-state index is -1.22. The van der Waals surface area contributed by atoms with Crippen molar-refractivity contribution in [2.24, 2.45) is 5.10 Å². The van der Waals surface area contributed by atoms with Crippen LogP contribution in [0.4, 0.5) is 0 Å². The van der Waals surface area contributed by atoms with E-state index in [2.05, 4.69) is 5.10 Å². The van der Waals surface area contributed by atoms with Gasteiger partial charge >= 0.3 is 5.97 Å². The molecule has 1 aliphatic heterocycles. The van der Waals surface area contributed by atoms with Gasteiger partial charge in [0.2, 0.25) is 0 Å². The summed E-state index contributed by atoms with van der Waals surface area (Å²) in [4.78, 5) is 23.3. The highest BCUT2D eigenvalue weighted by Crippen LogP contribution is 2.37. The number of hydrogen-bond acceptors (Lipinski definition) is 5. The highest BCUT2D eigenvalue weighted by atomic mass is 16.5. The average molecular weight is 380 g/mol. The normalized spacial score (nSPS) is 16.3. The van der Waals surface area contributed by atoms with E-state index in [-0.39, 0.29) is 5.75 Å². The van der Waals surface area contributed by atoms with E-state index in [4.69, 9.17) is 9.84 Å². The zero-order valence-electron chi connectivity index (χ0n) is 15.5. The molecule has 1 atom stereocenters. The van der Waals surface area contributed by atoms with Crippen molar-refractivity contribution < 1.29 is 24.5 Å². The molecule has 0 saturated carbocycles. The molecular formula is C21H20N2O5. The quantitative estimate of drug-likeness (QED) is 0.777. The minimum Gasteiger partial charge on any atom is -0.508 e. The van der Waals surface area contributed by atoms with Gasteiger partial charge in [-0.3, -0.25) is 4.79 Å². The number of aliphatic carboxylic acids is 1. The van der Waals surface area contributed by atoms with Crippen LogP contribution >= 0.6 is 0 Å². The Labute approximate surface area is 162 Å². The summed E-state index contributed by atoms with van der Waals surface area (Å²) >= 11 is 0. The minimum absolute atomic E-state index is 0.0572. The Balaban J connectivity index is 1.99. The zero-order valence-corrected chi connectivity index (χ0v) is 15.5. The van der Waals surface area contributed by atoms with E-state index in [0.29, 0.717) is 23.4 Å². The van der Waals surface area contributed by atoms with E-state index >= 15 is 0 Å². The van der Waals surface area contributed by atoms with Crippen LogP contribution in [0.5, 0.6) is 11.5 Å². The zero-order chi connectivity index (χ0) is 20.3. The SMILES string of the molecule is COc1ccc(C2=NN(C(=O)/C=C\C(=O)O)[C@H](c3cc(C)ccc3O)C2)cc1. The Hall–Kier alpha value is -3.61. The van der Waals surface area contributed by atoms with E-state index < -0.39 is 17.9 Å². The number of nitrogens with zero attached hydrogens (tertiary/aromatic N) is 2. The summed E-state index contributed by atoms with van der Waals surface area (Å²) in [6, 6.07) is 11.9. The smallest absolute Gasteiger partial charge is 0.328 e. The molecule has 0 unspecified atom stereocenters. The summed E-state index contributed by atoms with van der Waals surface area (Å²) in [5.74, 6) is -1.03. The van der Waals surface area contributed by atoms with Crippen LogP contribution in [0.25, 0.3) is 0 Å². The molecule has 0 aromatic heterocycles. The number of phenols is 1. The molecule has 1 amide bonds. The molecule has 3 rings (SSSR count). The molecule has 0 aliphatic carbocycles. The summed E-state index contributed by atoms with van der Waals surface area (Å²) in [5.41, 5.74) is 2.96. The van der Waals surface area contributed by atoms with Crippen LogP contribution in [0, 0.1) is 6.92 Å². The molecule has 0 saturated heterocycles. The van der Waals surface area contributed by atoms with Crippen LogP contribution in [0.1, 0.15) is 29.2 Å². The van der Waals surface area contributed by atoms with Gasteiger partial charge in [-0.1, -0.05) is 17.7 Å². The number of methoxy groups -OCH3 is 1. The van der Waals surface area contributed by atoms with Crippen molar-refractivity contribution in [3.05, 3.63) is 71.3 Å². The maximum absolute atomic E-state index is 12.6. The van der Waals surface area contributed by atoms with Crippen molar-refractivity contribution in [2.75, 3.05) is 7.11 Å². The van der Waals surface area contributed by atoms with Gasteiger partial charge in [-0.05, 0) is 42.8 Å². The van der Waals surface area contributed by atoms with Crippen LogP contribution in [0.15, 0.2) is 59.7 Å². The first-order chi connectivity index (χ1) is 13.4. The topological polar surface area (TPSA) is 99.4 Å². The largest absolute Gasteiger partial charge is 0.508 e. The van der Waals surface area contributed by atoms with Gasteiger partial charge in [0, 0.05) is 24.1 Å². The predicted octanol–water partition coefficient (Wildman–Crippen LogP) is 3.03. The number of phenolic OH excluding ortho intramolecular Hbond substituents is 1. The van der Waals surface area contributed by atoms with Crippen LogP contribution < -0.4 is 4.74 Å². The standard InChI is InChI=1S/C21H20N2O5/c1-13-3-8-19(24)16(11-13)18-12-17(14-4-6-15(28-2)7-5-14)22-23(18)20(25)9-10-21(26)27/h3-11,18,24H,12H2,1-2H3,(H,26,27)/b10-9-/t18-/m0/s1. The lowest BCUT2D eigenvalue weighted by molar-refractivity contribution is -0.132. The maximum Gasteiger partial charge on any atom is 0.328 e. The predicted molar refractivity (Wildman–Crippen MR) is 103 cm³/mol. The number of carboxylic acids is 1. The third kappa shape index (κ3) is 4.03. The summed E-state index contributed by atoms with van der Waals surface area (Å²) in [5, 5.41) is 24.8. The van der Waals surface area contributed by atoms with E-state index in [1.807, 2.05) is 19.1 Å². The highest BCUT2D eigenvalue weighted by molar-refractivity contribution is 6.04. The molecule has 2 aromatic rings. The summed E-state index contributed by atoms with van der Waals surface area (Å²) < 4.78 is 5.16. The van der Waals surface area contributed by atoms with E-state index in [1.165, 1.54) is 5.01 Å². The highest BCUT2D eigenvalue weighted by Gasteiger charge is 2.33. The van der Waals surface area contributed by atoms with Gasteiger partial charge in [0.05, 0.1) is 18.9 Å². The molecule has 0 bridgehead atoms. The first-order valence-corrected chi connectivity index (χ1v) is 8.64. The van der Waals surface area contributed by atoms with Crippen molar-refractivity contribution in [1.82, 2.24) is 5.01 Å². The fraction of sp³-hybridized carbons (Fsp3) is 0.190. The van der Waals surface area contributed by atoms with Crippen LogP contribution in [0.3, 0.4) is 0 Å². The molecule has 0 radical (unpaired) electrons. The Morgan fingerprint density at radius 3 is 2.54 bits per heavy atom. The van der Waals surface area contributed by atoms with Crippen LogP contribution in [-0.2, 0) is 9.59 Å². The van der Waals surface area contributed by atoms with Gasteiger partial charge < -0.3 is 14.9 Å². The summed E-state index contributed by atoms with van der Waals surface area (Å²) in [7, 11) is 1.58. The molecule has 2 aromatic carbocycles. The molecular weight excluding hydrogens is 360 g/mol. The van der Waals surface area contributed by atoms with Crippen molar-refractivity contribution >= 4 is 17.6 Å². The van der Waals surface area contributed by atoms with Gasteiger partial charge in [0.15, 0.2) is 0 Å². The van der Waals surface area contributed by atoms with Gasteiger partial charge in [0.1, 0.15) is 11.5 Å². The number of hydrogen-bond donors (Lipinski definition) is 2. The molecule has 7 heteroatoms. The Morgan fingerprint density at radius 1 is 1.18 bits per heavy atom. The van der Waals surface area contributed by atoms with Gasteiger partial charge in [-0.15, -0.1) is 0 Å². The van der Waals surface area contributed by atoms with Gasteiger partial charge in [-0.2, -0.15) is 5.10 Å². The fourth-order valence-electron chi connectivity index (χ4n) is 3.07. The number of aryl methyl sites for hydroxylation is 1. The Kier molecular flexibility index (Phi) is 5.44. The number of hydrazone groups is 1. The number of rotatable bonds is 5. The summed E-state index contributed by atoms with van der Waals surface area (Å²) in [6.45, 7) is 1.89. The van der Waals surface area contributed by atoms with Gasteiger partial charge in [0.25, 0.3) is 5.91 Å². The fourth-order valence-corrected chi connectivity index (χ4v) is 3.07. The van der Waals surface area contributed by atoms with Crippen molar-refractivity contribution in [3.8, 4) is 11.5 Å². The Bertz CT molecular complexity index is 963. The second-order valence-electron chi connectivity index (χ2n) is 6.41. The van der Waals surface area contributed by atoms with Crippen molar-refractivity contribution in [2.45, 2.75) is 19.4 Å². The first kappa shape index (κ1) is 19.2. The average Bonchev–Trinajstić information content (AvgIpc) is 3.13. The first-order valence-electron chi connectivity index (χ1n) is 8.64. The van der Waals surface area contributed by atoms with Crippen LogP contribution in [0.2, 0.25) is 0 Å².